The maximum Gasteiger partial charge on any atom is 0.265 e. The summed E-state index contributed by atoms with van der Waals surface area (Å²) in [6.45, 7) is 0. The van der Waals surface area contributed by atoms with E-state index in [1.165, 1.54) is 35.6 Å². The van der Waals surface area contributed by atoms with E-state index >= 15 is 0 Å². The second-order valence-corrected chi connectivity index (χ2v) is 5.92. The van der Waals surface area contributed by atoms with E-state index in [0.717, 1.165) is 0 Å². The van der Waals surface area contributed by atoms with Crippen molar-refractivity contribution in [1.29, 1.82) is 0 Å². The molecule has 0 fully saturated rings. The van der Waals surface area contributed by atoms with Gasteiger partial charge in [-0.1, -0.05) is 6.07 Å². The molecule has 3 aromatic rings. The third-order valence-electron chi connectivity index (χ3n) is 3.25. The Hall–Kier alpha value is -2.99. The van der Waals surface area contributed by atoms with Crippen LogP contribution in [-0.4, -0.2) is 11.8 Å². The minimum atomic E-state index is -0.362. The first-order chi connectivity index (χ1) is 11.6. The number of rotatable bonds is 4. The Labute approximate surface area is 142 Å². The fourth-order valence-electron chi connectivity index (χ4n) is 2.04. The molecule has 24 heavy (non-hydrogen) atoms. The Balaban J connectivity index is 1.64. The van der Waals surface area contributed by atoms with E-state index in [9.17, 15) is 14.0 Å². The largest absolute Gasteiger partial charge is 0.322 e. The van der Waals surface area contributed by atoms with Gasteiger partial charge in [-0.3, -0.25) is 9.59 Å². The summed E-state index contributed by atoms with van der Waals surface area (Å²) in [5.41, 5.74) is 1.55. The van der Waals surface area contributed by atoms with Crippen molar-refractivity contribution in [2.24, 2.45) is 0 Å². The molecule has 0 unspecified atom stereocenters. The van der Waals surface area contributed by atoms with Crippen molar-refractivity contribution in [3.05, 3.63) is 82.3 Å². The van der Waals surface area contributed by atoms with E-state index in [-0.39, 0.29) is 17.6 Å². The van der Waals surface area contributed by atoms with Gasteiger partial charge in [0.1, 0.15) is 5.82 Å². The maximum absolute atomic E-state index is 12.9. The Kier molecular flexibility index (Phi) is 4.67. The number of thiophene rings is 1. The summed E-state index contributed by atoms with van der Waals surface area (Å²) in [6.07, 6.45) is 0. The lowest BCUT2D eigenvalue weighted by Crippen LogP contribution is -2.13. The smallest absolute Gasteiger partial charge is 0.265 e. The van der Waals surface area contributed by atoms with Crippen molar-refractivity contribution in [2.75, 3.05) is 10.6 Å². The van der Waals surface area contributed by atoms with Gasteiger partial charge in [-0.15, -0.1) is 11.3 Å². The Bertz CT molecular complexity index is 844. The van der Waals surface area contributed by atoms with Gasteiger partial charge in [0.25, 0.3) is 11.8 Å². The van der Waals surface area contributed by atoms with Crippen molar-refractivity contribution >= 4 is 34.5 Å². The van der Waals surface area contributed by atoms with Crippen LogP contribution in [-0.2, 0) is 0 Å². The lowest BCUT2D eigenvalue weighted by Gasteiger charge is -2.07. The minimum Gasteiger partial charge on any atom is -0.322 e. The maximum atomic E-state index is 12.9. The Morgan fingerprint density at radius 3 is 1.96 bits per heavy atom. The van der Waals surface area contributed by atoms with E-state index in [1.807, 2.05) is 11.4 Å². The lowest BCUT2D eigenvalue weighted by molar-refractivity contribution is 0.102. The first-order valence-electron chi connectivity index (χ1n) is 7.14. The highest BCUT2D eigenvalue weighted by molar-refractivity contribution is 7.12. The molecule has 120 valence electrons. The highest BCUT2D eigenvalue weighted by atomic mass is 32.1. The predicted molar refractivity (Wildman–Crippen MR) is 93.1 cm³/mol. The normalized spacial score (nSPS) is 10.2. The molecule has 0 bridgehead atoms. The molecule has 0 atom stereocenters. The summed E-state index contributed by atoms with van der Waals surface area (Å²) in [7, 11) is 0. The summed E-state index contributed by atoms with van der Waals surface area (Å²) >= 11 is 1.36. The first-order valence-corrected chi connectivity index (χ1v) is 8.01. The van der Waals surface area contributed by atoms with Crippen LogP contribution in [0.4, 0.5) is 15.8 Å². The molecular formula is C18H13FN2O2S. The molecule has 0 aliphatic heterocycles. The van der Waals surface area contributed by atoms with E-state index in [0.29, 0.717) is 21.8 Å². The van der Waals surface area contributed by atoms with Crippen LogP contribution in [0.5, 0.6) is 0 Å². The minimum absolute atomic E-state index is 0.187. The van der Waals surface area contributed by atoms with Crippen LogP contribution in [0.1, 0.15) is 20.0 Å². The zero-order valence-electron chi connectivity index (χ0n) is 12.5. The number of hydrogen-bond donors (Lipinski definition) is 2. The van der Waals surface area contributed by atoms with E-state index in [1.54, 1.807) is 30.3 Å². The number of carbonyl (C=O) groups excluding carboxylic acids is 2. The fraction of sp³-hybridized carbons (Fsp3) is 0. The second kappa shape index (κ2) is 7.06. The van der Waals surface area contributed by atoms with Crippen LogP contribution in [0.2, 0.25) is 0 Å². The molecule has 4 nitrogen and oxygen atoms in total. The lowest BCUT2D eigenvalue weighted by atomic mass is 10.2. The third kappa shape index (κ3) is 3.85. The second-order valence-electron chi connectivity index (χ2n) is 4.97. The number of carbonyl (C=O) groups is 2. The van der Waals surface area contributed by atoms with Gasteiger partial charge in [0, 0.05) is 16.9 Å². The van der Waals surface area contributed by atoms with Gasteiger partial charge in [0.05, 0.1) is 4.88 Å². The van der Waals surface area contributed by atoms with Crippen LogP contribution in [0, 0.1) is 5.82 Å². The van der Waals surface area contributed by atoms with Crippen LogP contribution in [0.25, 0.3) is 0 Å². The molecule has 0 radical (unpaired) electrons. The SMILES string of the molecule is O=C(Nc1ccc(F)cc1)c1ccc(NC(=O)c2cccs2)cc1. The Morgan fingerprint density at radius 2 is 1.38 bits per heavy atom. The molecule has 1 heterocycles. The summed E-state index contributed by atoms with van der Waals surface area (Å²) < 4.78 is 12.9. The zero-order valence-corrected chi connectivity index (χ0v) is 13.3. The number of amides is 2. The standard InChI is InChI=1S/C18H13FN2O2S/c19-13-5-9-15(10-6-13)20-17(22)12-3-7-14(8-4-12)21-18(23)16-2-1-11-24-16/h1-11H,(H,20,22)(H,21,23). The van der Waals surface area contributed by atoms with Crippen LogP contribution in [0.15, 0.2) is 66.0 Å². The van der Waals surface area contributed by atoms with Crippen LogP contribution in [0.3, 0.4) is 0 Å². The van der Waals surface area contributed by atoms with Crippen molar-refractivity contribution in [3.63, 3.8) is 0 Å². The first kappa shape index (κ1) is 15.9. The van der Waals surface area contributed by atoms with Gasteiger partial charge < -0.3 is 10.6 Å². The van der Waals surface area contributed by atoms with Gasteiger partial charge in [0.2, 0.25) is 0 Å². The van der Waals surface area contributed by atoms with E-state index < -0.39 is 0 Å². The zero-order chi connectivity index (χ0) is 16.9. The molecule has 2 N–H and O–H groups in total. The summed E-state index contributed by atoms with van der Waals surface area (Å²) in [4.78, 5) is 24.7. The average Bonchev–Trinajstić information content (AvgIpc) is 3.12. The monoisotopic (exact) mass is 340 g/mol. The quantitative estimate of drug-likeness (QED) is 0.740. The van der Waals surface area contributed by atoms with Crippen LogP contribution >= 0.6 is 11.3 Å². The molecule has 3 rings (SSSR count). The molecule has 0 saturated heterocycles. The molecule has 2 aromatic carbocycles. The molecule has 0 spiro atoms. The van der Waals surface area contributed by atoms with Gasteiger partial charge in [0.15, 0.2) is 0 Å². The summed E-state index contributed by atoms with van der Waals surface area (Å²) in [6, 6.07) is 15.6. The highest BCUT2D eigenvalue weighted by Gasteiger charge is 2.09. The van der Waals surface area contributed by atoms with E-state index in [2.05, 4.69) is 10.6 Å². The Morgan fingerprint density at radius 1 is 0.792 bits per heavy atom. The van der Waals surface area contributed by atoms with Gasteiger partial charge in [-0.2, -0.15) is 0 Å². The van der Waals surface area contributed by atoms with Crippen molar-refractivity contribution in [2.45, 2.75) is 0 Å². The number of hydrogen-bond acceptors (Lipinski definition) is 3. The highest BCUT2D eigenvalue weighted by Crippen LogP contribution is 2.15. The van der Waals surface area contributed by atoms with Gasteiger partial charge in [-0.25, -0.2) is 4.39 Å². The number of nitrogens with one attached hydrogen (secondary N) is 2. The van der Waals surface area contributed by atoms with Crippen molar-refractivity contribution < 1.29 is 14.0 Å². The molecule has 1 aromatic heterocycles. The third-order valence-corrected chi connectivity index (χ3v) is 4.12. The number of anilines is 2. The topological polar surface area (TPSA) is 58.2 Å². The van der Waals surface area contributed by atoms with Crippen molar-refractivity contribution in [3.8, 4) is 0 Å². The number of halogens is 1. The van der Waals surface area contributed by atoms with E-state index in [4.69, 9.17) is 0 Å². The summed E-state index contributed by atoms with van der Waals surface area (Å²) in [5.74, 6) is -0.856. The van der Waals surface area contributed by atoms with Crippen molar-refractivity contribution in [1.82, 2.24) is 0 Å². The molecule has 0 aliphatic rings. The molecule has 2 amide bonds. The number of benzene rings is 2. The molecule has 6 heteroatoms. The van der Waals surface area contributed by atoms with Gasteiger partial charge in [-0.05, 0) is 60.0 Å². The fourth-order valence-corrected chi connectivity index (χ4v) is 2.66. The molecule has 0 aliphatic carbocycles. The molecule has 0 saturated carbocycles. The van der Waals surface area contributed by atoms with Gasteiger partial charge >= 0.3 is 0 Å². The van der Waals surface area contributed by atoms with Crippen LogP contribution < -0.4 is 10.6 Å². The average molecular weight is 340 g/mol. The summed E-state index contributed by atoms with van der Waals surface area (Å²) in [5, 5.41) is 7.27. The molecular weight excluding hydrogens is 327 g/mol. The predicted octanol–water partition coefficient (Wildman–Crippen LogP) is 4.39.